The Hall–Kier alpha value is -2.54. The zero-order chi connectivity index (χ0) is 32.9. The number of aliphatic hydroxyl groups excluding tert-OH is 1. The molecule has 46 heavy (non-hydrogen) atoms. The number of hydrogen-bond acceptors (Lipinski definition) is 8. The number of carbonyl (C=O) groups is 4. The molecule has 1 aromatic carbocycles. The van der Waals surface area contributed by atoms with Crippen LogP contribution in [0, 0.1) is 11.8 Å². The fraction of sp³-hybridized carbons (Fsp3) is 0.697. The predicted octanol–water partition coefficient (Wildman–Crippen LogP) is 3.79. The molecule has 0 radical (unpaired) electrons. The molecule has 1 aromatic rings. The fourth-order valence-corrected chi connectivity index (χ4v) is 7.83. The maximum absolute atomic E-state index is 13.7. The first kappa shape index (κ1) is 34.8. The first-order valence-corrected chi connectivity index (χ1v) is 17.8. The summed E-state index contributed by atoms with van der Waals surface area (Å²) in [5, 5.41) is 19.9. The second-order valence-corrected chi connectivity index (χ2v) is 15.4. The summed E-state index contributed by atoms with van der Waals surface area (Å²) in [6.07, 6.45) is 4.99. The molecular weight excluding hydrogens is 632 g/mol. The lowest BCUT2D eigenvalue weighted by Gasteiger charge is -2.41. The Bertz CT molecular complexity index is 1270. The quantitative estimate of drug-likeness (QED) is 0.186. The molecule has 4 atom stereocenters. The third kappa shape index (κ3) is 9.29. The molecule has 2 unspecified atom stereocenters. The minimum Gasteiger partial charge on any atom is -0.442 e. The van der Waals surface area contributed by atoms with Gasteiger partial charge in [-0.1, -0.05) is 37.6 Å². The van der Waals surface area contributed by atoms with Crippen molar-refractivity contribution in [1.29, 1.82) is 0 Å². The molecule has 4 fully saturated rings. The third-order valence-electron chi connectivity index (χ3n) is 9.54. The summed E-state index contributed by atoms with van der Waals surface area (Å²) in [5.41, 5.74) is -0.00158. The van der Waals surface area contributed by atoms with Crippen molar-refractivity contribution in [2.24, 2.45) is 11.8 Å². The van der Waals surface area contributed by atoms with Gasteiger partial charge in [0, 0.05) is 42.2 Å². The van der Waals surface area contributed by atoms with Crippen molar-refractivity contribution in [2.45, 2.75) is 119 Å². The van der Waals surface area contributed by atoms with Crippen molar-refractivity contribution in [2.75, 3.05) is 13.2 Å². The lowest BCUT2D eigenvalue weighted by atomic mass is 9.76. The van der Waals surface area contributed by atoms with Gasteiger partial charge in [0.15, 0.2) is 6.10 Å². The van der Waals surface area contributed by atoms with Crippen LogP contribution in [0.25, 0.3) is 0 Å². The summed E-state index contributed by atoms with van der Waals surface area (Å²) in [5.74, 6) is -1.51. The average molecular weight is 679 g/mol. The van der Waals surface area contributed by atoms with E-state index in [1.165, 1.54) is 0 Å². The molecule has 4 aliphatic rings. The van der Waals surface area contributed by atoms with Crippen molar-refractivity contribution in [3.05, 3.63) is 34.9 Å². The molecule has 13 heteroatoms. The van der Waals surface area contributed by atoms with Crippen LogP contribution < -0.4 is 20.7 Å². The number of hydrogen-bond donors (Lipinski definition) is 5. The van der Waals surface area contributed by atoms with Gasteiger partial charge in [0.25, 0.3) is 5.91 Å². The standard InChI is InChI=1S/C33H47ClN4O7S/c1-20(2)15-26(46-38-31(43)45-33(9-4-10-33)18-21-5-3-6-23(34)16-21)29(41)36-25(27(39)30(42)35-24-7-8-24)17-22-19-32(37-28(22)40)11-13-44-14-12-32/h3,5-6,16,20,22,24-27,39H,4,7-15,17-19H2,1-2H3,(H,35,42)(H,36,41)(H,37,40)(H,38,43)/t22?,25-,26-,27?/m0/s1. The Kier molecular flexibility index (Phi) is 11.4. The monoisotopic (exact) mass is 678 g/mol. The van der Waals surface area contributed by atoms with Gasteiger partial charge in [0.05, 0.1) is 6.04 Å². The topological polar surface area (TPSA) is 155 Å². The van der Waals surface area contributed by atoms with Gasteiger partial charge in [-0.15, -0.1) is 0 Å². The van der Waals surface area contributed by atoms with Crippen molar-refractivity contribution < 1.29 is 33.8 Å². The van der Waals surface area contributed by atoms with Crippen LogP contribution in [0.4, 0.5) is 4.79 Å². The van der Waals surface area contributed by atoms with E-state index in [9.17, 15) is 24.3 Å². The van der Waals surface area contributed by atoms with Gasteiger partial charge in [-0.25, -0.2) is 4.79 Å². The van der Waals surface area contributed by atoms with Crippen molar-refractivity contribution >= 4 is 47.4 Å². The van der Waals surface area contributed by atoms with Crippen LogP contribution in [0.3, 0.4) is 0 Å². The SMILES string of the molecule is CC(C)C[C@H](SNC(=O)OC1(Cc2cccc(Cl)c2)CCC1)C(=O)N[C@@H](CC1CC2(CCOCC2)NC1=O)C(O)C(=O)NC1CC1. The largest absolute Gasteiger partial charge is 0.442 e. The van der Waals surface area contributed by atoms with Crippen LogP contribution in [0.15, 0.2) is 24.3 Å². The van der Waals surface area contributed by atoms with Crippen LogP contribution in [-0.4, -0.2) is 76.7 Å². The smallest absolute Gasteiger partial charge is 0.417 e. The number of rotatable bonds is 14. The van der Waals surface area contributed by atoms with E-state index in [4.69, 9.17) is 21.1 Å². The fourth-order valence-electron chi connectivity index (χ4n) is 6.68. The van der Waals surface area contributed by atoms with E-state index in [-0.39, 0.29) is 29.8 Å². The highest BCUT2D eigenvalue weighted by atomic mass is 35.5. The van der Waals surface area contributed by atoms with Gasteiger partial charge in [0.1, 0.15) is 10.9 Å². The molecular formula is C33H47ClN4O7S. The second kappa shape index (κ2) is 15.1. The highest BCUT2D eigenvalue weighted by Crippen LogP contribution is 2.39. The van der Waals surface area contributed by atoms with Gasteiger partial charge >= 0.3 is 6.09 Å². The lowest BCUT2D eigenvalue weighted by molar-refractivity contribution is -0.134. The van der Waals surface area contributed by atoms with Crippen LogP contribution in [0.1, 0.15) is 83.6 Å². The Morgan fingerprint density at radius 1 is 1.15 bits per heavy atom. The number of nitrogens with one attached hydrogen (secondary N) is 4. The molecule has 2 aliphatic heterocycles. The van der Waals surface area contributed by atoms with Gasteiger partial charge in [0.2, 0.25) is 11.8 Å². The molecule has 5 rings (SSSR count). The summed E-state index contributed by atoms with van der Waals surface area (Å²) >= 11 is 7.12. The lowest BCUT2D eigenvalue weighted by Crippen LogP contribution is -2.54. The summed E-state index contributed by atoms with van der Waals surface area (Å²) in [6, 6.07) is 6.54. The summed E-state index contributed by atoms with van der Waals surface area (Å²) in [4.78, 5) is 52.7. The van der Waals surface area contributed by atoms with Crippen molar-refractivity contribution in [3.8, 4) is 0 Å². The molecule has 2 saturated heterocycles. The molecule has 1 spiro atoms. The zero-order valence-electron chi connectivity index (χ0n) is 26.6. The summed E-state index contributed by atoms with van der Waals surface area (Å²) in [6.45, 7) is 5.06. The number of aliphatic hydroxyl groups is 1. The number of benzene rings is 1. The van der Waals surface area contributed by atoms with E-state index in [1.807, 2.05) is 32.0 Å². The predicted molar refractivity (Wildman–Crippen MR) is 175 cm³/mol. The highest BCUT2D eigenvalue weighted by Gasteiger charge is 2.47. The number of ether oxygens (including phenoxy) is 2. The molecule has 2 aliphatic carbocycles. The Balaban J connectivity index is 1.22. The van der Waals surface area contributed by atoms with Crippen molar-refractivity contribution in [1.82, 2.24) is 20.7 Å². The first-order valence-electron chi connectivity index (χ1n) is 16.5. The molecule has 0 aromatic heterocycles. The number of carbonyl (C=O) groups excluding carboxylic acids is 4. The van der Waals surface area contributed by atoms with Gasteiger partial charge in [-0.2, -0.15) is 0 Å². The minimum atomic E-state index is -1.53. The Morgan fingerprint density at radius 3 is 2.52 bits per heavy atom. The molecule has 11 nitrogen and oxygen atoms in total. The normalized spacial score (nSPS) is 23.5. The van der Waals surface area contributed by atoms with E-state index in [1.54, 1.807) is 6.07 Å². The van der Waals surface area contributed by atoms with E-state index < -0.39 is 46.8 Å². The molecule has 2 heterocycles. The second-order valence-electron chi connectivity index (χ2n) is 13.9. The van der Waals surface area contributed by atoms with Crippen LogP contribution in [0.5, 0.6) is 0 Å². The zero-order valence-corrected chi connectivity index (χ0v) is 28.2. The van der Waals surface area contributed by atoms with E-state index >= 15 is 0 Å². The summed E-state index contributed by atoms with van der Waals surface area (Å²) in [7, 11) is 0. The van der Waals surface area contributed by atoms with Crippen LogP contribution in [0.2, 0.25) is 5.02 Å². The third-order valence-corrected chi connectivity index (χ3v) is 10.7. The maximum atomic E-state index is 13.7. The van der Waals surface area contributed by atoms with Gasteiger partial charge in [-0.05, 0) is 99.8 Å². The molecule has 254 valence electrons. The first-order chi connectivity index (χ1) is 21.9. The van der Waals surface area contributed by atoms with E-state index in [0.717, 1.165) is 49.6 Å². The van der Waals surface area contributed by atoms with E-state index in [0.29, 0.717) is 50.3 Å². The highest BCUT2D eigenvalue weighted by molar-refractivity contribution is 7.99. The molecule has 2 saturated carbocycles. The Morgan fingerprint density at radius 2 is 1.89 bits per heavy atom. The van der Waals surface area contributed by atoms with E-state index in [2.05, 4.69) is 20.7 Å². The number of halogens is 1. The van der Waals surface area contributed by atoms with Crippen LogP contribution in [-0.2, 0) is 30.3 Å². The van der Waals surface area contributed by atoms with Gasteiger partial charge < -0.3 is 30.5 Å². The summed E-state index contributed by atoms with van der Waals surface area (Å²) < 4.78 is 14.1. The maximum Gasteiger partial charge on any atom is 0.417 e. The molecule has 5 N–H and O–H groups in total. The molecule has 4 amide bonds. The Labute approximate surface area is 280 Å². The van der Waals surface area contributed by atoms with Crippen LogP contribution >= 0.6 is 23.5 Å². The number of amides is 4. The minimum absolute atomic E-state index is 0.0242. The van der Waals surface area contributed by atoms with Crippen molar-refractivity contribution in [3.63, 3.8) is 0 Å². The average Bonchev–Trinajstić information content (AvgIpc) is 3.75. The molecule has 0 bridgehead atoms. The van der Waals surface area contributed by atoms with Gasteiger partial charge in [-0.3, -0.25) is 19.1 Å².